The van der Waals surface area contributed by atoms with Crippen LogP contribution in [0, 0.1) is 24.4 Å². The van der Waals surface area contributed by atoms with Gasteiger partial charge in [-0.3, -0.25) is 34.1 Å². The number of esters is 1. The lowest BCUT2D eigenvalue weighted by atomic mass is 9.78. The Morgan fingerprint density at radius 3 is 1.53 bits per heavy atom. The maximum Gasteiger partial charge on any atom is 0.494 e. The smallest absolute Gasteiger partial charge is 0.464 e. The average Bonchev–Trinajstić information content (AvgIpc) is 1.70. The maximum atomic E-state index is 13.5. The first-order chi connectivity index (χ1) is 53.7. The lowest BCUT2D eigenvalue weighted by Crippen LogP contribution is -2.41. The first-order valence-corrected chi connectivity index (χ1v) is 40.3. The van der Waals surface area contributed by atoms with Crippen molar-refractivity contribution < 1.29 is 51.8 Å². The van der Waals surface area contributed by atoms with E-state index in [-0.39, 0.29) is 41.6 Å². The first kappa shape index (κ1) is 86.9. The van der Waals surface area contributed by atoms with Crippen molar-refractivity contribution >= 4 is 159 Å². The molecule has 0 saturated carbocycles. The zero-order valence-electron chi connectivity index (χ0n) is 63.1. The fourth-order valence-electron chi connectivity index (χ4n) is 11.8. The summed E-state index contributed by atoms with van der Waals surface area (Å²) in [5.41, 5.74) is 12.0. The number of aromatic nitrogens is 9. The van der Waals surface area contributed by atoms with Crippen molar-refractivity contribution in [3.63, 3.8) is 0 Å². The standard InChI is InChI=1S/C22H23BrClNO3S.C19H22BN3O2.C13H10BrN3.2C12H9BrFNO.C7H4BrFO/c1-6-27-20(26)18(28-22(3,4)5)16-12(2)11-15-19(29-21(23)25-15)17(16)13-7-9-14(24)10-8-13;1-18(2)19(3,4)25-20(24-18)14-8-9-16-15(11-14)17(22-23(16)5)13-7-6-10-21-12-13;1-17-12-5-4-10(14)7-11(12)13(16-17)9-3-2-6-15-8-9;2*13-9-3-4-11(14)10(6-9)12(16)8-2-1-5-15-7-8;8-6-1-2-7(9)5(3-6)4-10/h7-11,18H,6H2,1-5H3;6-12H,1-5H3;2-8H,1H3;2*1-7,12,16H;1-4H/t18-;;;;;/m0...../s1. The summed E-state index contributed by atoms with van der Waals surface area (Å²) in [5, 5.41) is 32.1. The van der Waals surface area contributed by atoms with Crippen molar-refractivity contribution in [2.45, 2.75) is 97.4 Å². The number of fused-ring (bicyclic) bond motifs is 3. The molecule has 28 heteroatoms. The number of hydrogen-bond donors (Lipinski definition) is 2. The van der Waals surface area contributed by atoms with Crippen molar-refractivity contribution in [2.24, 2.45) is 14.1 Å². The Kier molecular flexibility index (Phi) is 29.8. The number of nitrogens with zero attached hydrogens (tertiary/aromatic N) is 9. The van der Waals surface area contributed by atoms with E-state index in [0.717, 1.165) is 99.6 Å². The van der Waals surface area contributed by atoms with Gasteiger partial charge >= 0.3 is 13.1 Å². The highest BCUT2D eigenvalue weighted by atomic mass is 79.9. The Morgan fingerprint density at radius 1 is 0.611 bits per heavy atom. The van der Waals surface area contributed by atoms with Crippen molar-refractivity contribution in [1.82, 2.24) is 44.5 Å². The molecule has 7 aromatic heterocycles. The summed E-state index contributed by atoms with van der Waals surface area (Å²) in [7, 11) is 3.53. The zero-order chi connectivity index (χ0) is 81.6. The third-order valence-corrected chi connectivity index (χ3v) is 21.7. The van der Waals surface area contributed by atoms with Crippen LogP contribution >= 0.6 is 103 Å². The Balaban J connectivity index is 0.000000148. The molecule has 2 unspecified atom stereocenters. The van der Waals surface area contributed by atoms with E-state index in [1.54, 1.807) is 86.3 Å². The highest BCUT2D eigenvalue weighted by Gasteiger charge is 2.52. The molecule has 0 bridgehead atoms. The summed E-state index contributed by atoms with van der Waals surface area (Å²) >= 11 is 24.2. The van der Waals surface area contributed by atoms with E-state index in [2.05, 4.69) is 173 Å². The Bertz CT molecular complexity index is 5520. The molecule has 15 rings (SSSR count). The molecule has 3 atom stereocenters. The molecule has 0 radical (unpaired) electrons. The van der Waals surface area contributed by atoms with Gasteiger partial charge in [-0.15, -0.1) is 11.3 Å². The minimum atomic E-state index is -0.994. The van der Waals surface area contributed by atoms with E-state index in [4.69, 9.17) is 30.4 Å². The molecule has 0 aliphatic carbocycles. The predicted octanol–water partition coefficient (Wildman–Crippen LogP) is 22.0. The van der Waals surface area contributed by atoms with Crippen LogP contribution in [0.1, 0.15) is 117 Å². The van der Waals surface area contributed by atoms with Crippen LogP contribution in [0.15, 0.2) is 241 Å². The molecule has 0 spiro atoms. The van der Waals surface area contributed by atoms with Gasteiger partial charge in [-0.25, -0.2) is 22.9 Å². The molecule has 1 aliphatic rings. The van der Waals surface area contributed by atoms with E-state index >= 15 is 0 Å². The highest BCUT2D eigenvalue weighted by Crippen LogP contribution is 2.45. The van der Waals surface area contributed by atoms with E-state index in [9.17, 15) is 33.0 Å². The normalized spacial score (nSPS) is 13.5. The monoisotopic (exact) mass is 1880 g/mol. The van der Waals surface area contributed by atoms with Gasteiger partial charge in [0.15, 0.2) is 16.3 Å². The van der Waals surface area contributed by atoms with Crippen LogP contribution in [0.2, 0.25) is 5.02 Å². The van der Waals surface area contributed by atoms with E-state index in [1.165, 1.54) is 48.0 Å². The molecular weight excluding hydrogens is 1810 g/mol. The number of benzene rings is 7. The van der Waals surface area contributed by atoms with Gasteiger partial charge in [-0.2, -0.15) is 10.2 Å². The predicted molar refractivity (Wildman–Crippen MR) is 458 cm³/mol. The molecule has 1 fully saturated rings. The van der Waals surface area contributed by atoms with Crippen molar-refractivity contribution in [1.29, 1.82) is 0 Å². The van der Waals surface area contributed by atoms with Gasteiger partial charge in [-0.1, -0.05) is 112 Å². The van der Waals surface area contributed by atoms with E-state index in [1.807, 2.05) is 124 Å². The number of pyridine rings is 4. The summed E-state index contributed by atoms with van der Waals surface area (Å²) < 4.78 is 72.3. The molecule has 1 aliphatic heterocycles. The quantitative estimate of drug-likeness (QED) is 0.0624. The minimum absolute atomic E-state index is 0.0781. The molecule has 7 aromatic carbocycles. The molecular formula is C85H77BBr5ClF3N9O8S. The van der Waals surface area contributed by atoms with E-state index in [0.29, 0.717) is 26.9 Å². The third-order valence-electron chi connectivity index (χ3n) is 17.9. The highest BCUT2D eigenvalue weighted by molar-refractivity contribution is 9.11. The largest absolute Gasteiger partial charge is 0.494 e. The fourth-order valence-corrected chi connectivity index (χ4v) is 14.9. The average molecular weight is 1890 g/mol. The number of aldehydes is 1. The first-order valence-electron chi connectivity index (χ1n) is 35.2. The van der Waals surface area contributed by atoms with Gasteiger partial charge in [0.2, 0.25) is 0 Å². The number of aryl methyl sites for hydroxylation is 3. The number of hydrogen-bond acceptors (Lipinski definition) is 16. The van der Waals surface area contributed by atoms with Crippen LogP contribution in [0.25, 0.3) is 65.7 Å². The van der Waals surface area contributed by atoms with Crippen LogP contribution < -0.4 is 5.46 Å². The topological polar surface area (TPSA) is 212 Å². The van der Waals surface area contributed by atoms with Gasteiger partial charge in [0.1, 0.15) is 41.0 Å². The maximum absolute atomic E-state index is 13.5. The number of carbonyl (C=O) groups excluding carboxylic acids is 2. The summed E-state index contributed by atoms with van der Waals surface area (Å²) in [4.78, 5) is 43.8. The Hall–Kier alpha value is -8.55. The van der Waals surface area contributed by atoms with E-state index < -0.39 is 47.3 Å². The molecule has 8 heterocycles. The van der Waals surface area contributed by atoms with Crippen LogP contribution in [-0.4, -0.2) is 97.5 Å². The van der Waals surface area contributed by atoms with Gasteiger partial charge in [0.05, 0.1) is 50.2 Å². The van der Waals surface area contributed by atoms with Crippen LogP contribution in [0.4, 0.5) is 13.2 Å². The zero-order valence-corrected chi connectivity index (χ0v) is 72.6. The van der Waals surface area contributed by atoms with Gasteiger partial charge in [0.25, 0.3) is 0 Å². The van der Waals surface area contributed by atoms with Gasteiger partial charge < -0.3 is 29.0 Å². The lowest BCUT2D eigenvalue weighted by Gasteiger charge is -2.32. The van der Waals surface area contributed by atoms with Crippen molar-refractivity contribution in [3.8, 4) is 33.6 Å². The summed E-state index contributed by atoms with van der Waals surface area (Å²) in [5.74, 6) is -1.75. The van der Waals surface area contributed by atoms with Crippen LogP contribution in [-0.2, 0) is 37.7 Å². The summed E-state index contributed by atoms with van der Waals surface area (Å²) in [6.07, 6.45) is 11.1. The Labute approximate surface area is 704 Å². The molecule has 14 aromatic rings. The number of thiazole rings is 1. The number of halogens is 9. The van der Waals surface area contributed by atoms with Crippen molar-refractivity contribution in [2.75, 3.05) is 6.61 Å². The number of aliphatic hydroxyl groups is 2. The molecule has 0 amide bonds. The second-order valence-corrected chi connectivity index (χ2v) is 34.0. The molecule has 582 valence electrons. The fraction of sp³-hybridized carbons (Fsp3) is 0.212. The summed E-state index contributed by atoms with van der Waals surface area (Å²) in [6, 6.07) is 49.9. The SMILES string of the molecule is CCOC(=O)[C@@H](OC(C)(C)C)c1c(C)cc2nc(Br)sc2c1-c1ccc(Cl)cc1.Cn1nc(-c2cccnc2)c2cc(B3OC(C)(C)C(C)(C)O3)ccc21.Cn1nc(-c2cccnc2)c2cc(Br)ccc21.O=Cc1cc(Br)ccc1F.OC(c1cccnc1)c1cc(Br)ccc1F.OC(c1cccnc1)c1cc(Br)ccc1F. The van der Waals surface area contributed by atoms with Crippen LogP contribution in [0.5, 0.6) is 0 Å². The summed E-state index contributed by atoms with van der Waals surface area (Å²) in [6.45, 7) is 18.1. The lowest BCUT2D eigenvalue weighted by molar-refractivity contribution is -0.166. The van der Waals surface area contributed by atoms with Crippen molar-refractivity contribution in [3.05, 3.63) is 303 Å². The Morgan fingerprint density at radius 2 is 1.07 bits per heavy atom. The second-order valence-electron chi connectivity index (χ2n) is 27.6. The molecule has 2 N–H and O–H groups in total. The van der Waals surface area contributed by atoms with Crippen LogP contribution in [0.3, 0.4) is 0 Å². The molecule has 1 saturated heterocycles. The number of rotatable bonds is 13. The number of carbonyl (C=O) groups is 2. The number of ether oxygens (including phenoxy) is 2. The number of aliphatic hydroxyl groups excluding tert-OH is 2. The molecule has 113 heavy (non-hydrogen) atoms. The van der Waals surface area contributed by atoms with Gasteiger partial charge in [-0.05, 0) is 228 Å². The minimum Gasteiger partial charge on any atom is -0.464 e. The molecule has 17 nitrogen and oxygen atoms in total. The van der Waals surface area contributed by atoms with Gasteiger partial charge in [0, 0.05) is 142 Å². The third kappa shape index (κ3) is 22.1. The second kappa shape index (κ2) is 38.7.